The molecule has 12 heteroatoms. The maximum Gasteiger partial charge on any atom is 0.325 e. The number of nitrogens with zero attached hydrogens (tertiary/aromatic N) is 5. The van der Waals surface area contributed by atoms with Crippen LogP contribution in [0.2, 0.25) is 0 Å². The Morgan fingerprint density at radius 2 is 1.85 bits per heavy atom. The summed E-state index contributed by atoms with van der Waals surface area (Å²) >= 11 is 1.43. The van der Waals surface area contributed by atoms with Gasteiger partial charge in [0.1, 0.15) is 23.4 Å². The van der Waals surface area contributed by atoms with Crippen molar-refractivity contribution in [3.63, 3.8) is 0 Å². The lowest BCUT2D eigenvalue weighted by Gasteiger charge is -2.10. The third-order valence-corrected chi connectivity index (χ3v) is 6.88. The highest BCUT2D eigenvalue weighted by Gasteiger charge is 2.12. The van der Waals surface area contributed by atoms with Gasteiger partial charge in [0.2, 0.25) is 0 Å². The number of fused-ring (bicyclic) bond motifs is 1. The van der Waals surface area contributed by atoms with Crippen molar-refractivity contribution in [1.29, 1.82) is 0 Å². The van der Waals surface area contributed by atoms with Crippen molar-refractivity contribution in [2.75, 3.05) is 49.7 Å². The zero-order chi connectivity index (χ0) is 27.7. The van der Waals surface area contributed by atoms with Crippen molar-refractivity contribution in [1.82, 2.24) is 29.8 Å². The van der Waals surface area contributed by atoms with Gasteiger partial charge in [0.15, 0.2) is 16.6 Å². The standard InChI is InChI=1S/C28H31N9O2S/c1-37(2)15-6-16-39-21-11-9-19(10-12-21)24-34-23-25(31-18-32-26(23)35-24)29-14-13-22-17-30-28(40-22)36-27(38)33-20-7-4-3-5-8-20/h3-5,7-12,17-18H,6,13-16H2,1-2H3,(H2,30,33,36,38)(H2,29,31,32,34,35). The van der Waals surface area contributed by atoms with Gasteiger partial charge in [-0.15, -0.1) is 11.3 Å². The van der Waals surface area contributed by atoms with E-state index in [0.29, 0.717) is 42.0 Å². The highest BCUT2D eigenvalue weighted by molar-refractivity contribution is 7.15. The number of imidazole rings is 1. The molecule has 2 aromatic carbocycles. The summed E-state index contributed by atoms with van der Waals surface area (Å²) in [6.07, 6.45) is 4.95. The zero-order valence-electron chi connectivity index (χ0n) is 22.3. The second-order valence-corrected chi connectivity index (χ2v) is 10.4. The van der Waals surface area contributed by atoms with Crippen molar-refractivity contribution in [3.05, 3.63) is 72.0 Å². The number of hydrogen-bond acceptors (Lipinski definition) is 9. The third-order valence-electron chi connectivity index (χ3n) is 5.90. The number of aromatic nitrogens is 5. The van der Waals surface area contributed by atoms with Crippen LogP contribution < -0.4 is 20.7 Å². The molecule has 0 atom stereocenters. The second-order valence-electron chi connectivity index (χ2n) is 9.29. The smallest absolute Gasteiger partial charge is 0.325 e. The lowest BCUT2D eigenvalue weighted by molar-refractivity contribution is 0.262. The summed E-state index contributed by atoms with van der Waals surface area (Å²) in [4.78, 5) is 36.4. The van der Waals surface area contributed by atoms with E-state index in [-0.39, 0.29) is 6.03 Å². The maximum absolute atomic E-state index is 12.2. The number of ether oxygens (including phenoxy) is 1. The van der Waals surface area contributed by atoms with E-state index in [0.717, 1.165) is 40.4 Å². The third kappa shape index (κ3) is 7.30. The molecule has 2 amide bonds. The van der Waals surface area contributed by atoms with Gasteiger partial charge in [0.05, 0.1) is 6.61 Å². The molecule has 11 nitrogen and oxygen atoms in total. The van der Waals surface area contributed by atoms with E-state index in [1.807, 2.05) is 54.6 Å². The van der Waals surface area contributed by atoms with Crippen LogP contribution in [0.1, 0.15) is 11.3 Å². The Balaban J connectivity index is 1.14. The van der Waals surface area contributed by atoms with Crippen molar-refractivity contribution in [2.24, 2.45) is 0 Å². The molecule has 0 aliphatic heterocycles. The molecule has 40 heavy (non-hydrogen) atoms. The van der Waals surface area contributed by atoms with Crippen molar-refractivity contribution < 1.29 is 9.53 Å². The maximum atomic E-state index is 12.2. The number of carbonyl (C=O) groups is 1. The average molecular weight is 558 g/mol. The largest absolute Gasteiger partial charge is 0.494 e. The Labute approximate surface area is 236 Å². The summed E-state index contributed by atoms with van der Waals surface area (Å²) in [5.74, 6) is 2.22. The normalized spacial score (nSPS) is 11.1. The number of amides is 2. The number of H-pyrrole nitrogens is 1. The highest BCUT2D eigenvalue weighted by Crippen LogP contribution is 2.25. The number of thiazole rings is 1. The minimum atomic E-state index is -0.328. The molecule has 0 radical (unpaired) electrons. The SMILES string of the molecule is CN(C)CCCOc1ccc(-c2nc3ncnc(NCCc4cnc(NC(=O)Nc5ccccc5)s4)c3[nH]2)cc1. The molecule has 0 spiro atoms. The van der Waals surface area contributed by atoms with Crippen LogP contribution in [-0.4, -0.2) is 69.6 Å². The lowest BCUT2D eigenvalue weighted by atomic mass is 10.2. The topological polar surface area (TPSA) is 133 Å². The van der Waals surface area contributed by atoms with Crippen LogP contribution >= 0.6 is 11.3 Å². The number of para-hydroxylation sites is 1. The fourth-order valence-corrected chi connectivity index (χ4v) is 4.75. The van der Waals surface area contributed by atoms with E-state index in [1.54, 1.807) is 6.20 Å². The van der Waals surface area contributed by atoms with Gasteiger partial charge in [0.25, 0.3) is 0 Å². The van der Waals surface area contributed by atoms with Gasteiger partial charge in [-0.25, -0.2) is 24.7 Å². The Hall–Kier alpha value is -4.55. The molecule has 206 valence electrons. The number of carbonyl (C=O) groups excluding carboxylic acids is 1. The van der Waals surface area contributed by atoms with Crippen molar-refractivity contribution in [3.8, 4) is 17.1 Å². The van der Waals surface area contributed by atoms with Crippen LogP contribution in [0, 0.1) is 0 Å². The molecule has 3 heterocycles. The number of rotatable bonds is 12. The summed E-state index contributed by atoms with van der Waals surface area (Å²) < 4.78 is 5.83. The van der Waals surface area contributed by atoms with E-state index < -0.39 is 0 Å². The van der Waals surface area contributed by atoms with E-state index in [2.05, 4.69) is 59.9 Å². The van der Waals surface area contributed by atoms with Crippen LogP contribution in [0.25, 0.3) is 22.6 Å². The van der Waals surface area contributed by atoms with E-state index in [1.165, 1.54) is 17.7 Å². The molecule has 0 aliphatic rings. The van der Waals surface area contributed by atoms with Crippen molar-refractivity contribution in [2.45, 2.75) is 12.8 Å². The molecule has 3 aromatic heterocycles. The van der Waals surface area contributed by atoms with Gasteiger partial charge in [-0.3, -0.25) is 5.32 Å². The molecule has 5 aromatic rings. The Morgan fingerprint density at radius 3 is 2.65 bits per heavy atom. The Morgan fingerprint density at radius 1 is 1.02 bits per heavy atom. The van der Waals surface area contributed by atoms with Gasteiger partial charge >= 0.3 is 6.03 Å². The van der Waals surface area contributed by atoms with Crippen LogP contribution in [0.5, 0.6) is 5.75 Å². The van der Waals surface area contributed by atoms with Crippen LogP contribution in [0.4, 0.5) is 21.4 Å². The summed E-state index contributed by atoms with van der Waals surface area (Å²) in [6, 6.07) is 16.8. The van der Waals surface area contributed by atoms with Gasteiger partial charge < -0.3 is 25.3 Å². The first-order chi connectivity index (χ1) is 19.5. The zero-order valence-corrected chi connectivity index (χ0v) is 23.2. The summed E-state index contributed by atoms with van der Waals surface area (Å²) in [7, 11) is 4.11. The average Bonchev–Trinajstić information content (AvgIpc) is 3.59. The molecule has 0 fully saturated rings. The number of nitrogens with one attached hydrogen (secondary N) is 4. The minimum absolute atomic E-state index is 0.328. The predicted octanol–water partition coefficient (Wildman–Crippen LogP) is 5.11. The van der Waals surface area contributed by atoms with Gasteiger partial charge in [-0.1, -0.05) is 18.2 Å². The quantitative estimate of drug-likeness (QED) is 0.156. The van der Waals surface area contributed by atoms with Gasteiger partial charge in [-0.2, -0.15) is 0 Å². The number of urea groups is 1. The number of anilines is 3. The molecular weight excluding hydrogens is 526 g/mol. The Kier molecular flexibility index (Phi) is 8.79. The van der Waals surface area contributed by atoms with Crippen LogP contribution in [-0.2, 0) is 6.42 Å². The first-order valence-corrected chi connectivity index (χ1v) is 13.8. The summed E-state index contributed by atoms with van der Waals surface area (Å²) in [5.41, 5.74) is 2.98. The predicted molar refractivity (Wildman–Crippen MR) is 159 cm³/mol. The molecule has 0 bridgehead atoms. The minimum Gasteiger partial charge on any atom is -0.494 e. The second kappa shape index (κ2) is 13.0. The molecule has 0 unspecified atom stereocenters. The summed E-state index contributed by atoms with van der Waals surface area (Å²) in [6.45, 7) is 2.29. The van der Waals surface area contributed by atoms with E-state index >= 15 is 0 Å². The number of benzene rings is 2. The van der Waals surface area contributed by atoms with Crippen LogP contribution in [0.15, 0.2) is 67.1 Å². The monoisotopic (exact) mass is 557 g/mol. The molecule has 0 saturated carbocycles. The first kappa shape index (κ1) is 27.0. The molecule has 0 aliphatic carbocycles. The fraction of sp³-hybridized carbons (Fsp3) is 0.250. The lowest BCUT2D eigenvalue weighted by Crippen LogP contribution is -2.19. The van der Waals surface area contributed by atoms with E-state index in [4.69, 9.17) is 4.74 Å². The van der Waals surface area contributed by atoms with E-state index in [9.17, 15) is 4.79 Å². The molecule has 4 N–H and O–H groups in total. The highest BCUT2D eigenvalue weighted by atomic mass is 32.1. The first-order valence-electron chi connectivity index (χ1n) is 12.9. The Bertz CT molecular complexity index is 1530. The molecule has 5 rings (SSSR count). The molecule has 0 saturated heterocycles. The number of hydrogen-bond donors (Lipinski definition) is 4. The van der Waals surface area contributed by atoms with Gasteiger partial charge in [-0.05, 0) is 56.9 Å². The molecular formula is C28H31N9O2S. The fourth-order valence-electron chi connectivity index (χ4n) is 3.94. The van der Waals surface area contributed by atoms with Crippen LogP contribution in [0.3, 0.4) is 0 Å². The van der Waals surface area contributed by atoms with Crippen molar-refractivity contribution >= 4 is 45.2 Å². The summed E-state index contributed by atoms with van der Waals surface area (Å²) in [5, 5.41) is 9.46. The number of aromatic amines is 1. The van der Waals surface area contributed by atoms with Gasteiger partial charge in [0, 0.05) is 41.8 Å².